The summed E-state index contributed by atoms with van der Waals surface area (Å²) in [4.78, 5) is 26.0. The molecule has 0 radical (unpaired) electrons. The molecule has 0 aliphatic heterocycles. The van der Waals surface area contributed by atoms with Gasteiger partial charge in [0.25, 0.3) is 5.91 Å². The number of nitrogens with zero attached hydrogens (tertiary/aromatic N) is 1. The van der Waals surface area contributed by atoms with Crippen LogP contribution in [0.15, 0.2) is 46.9 Å². The fourth-order valence-corrected chi connectivity index (χ4v) is 2.86. The summed E-state index contributed by atoms with van der Waals surface area (Å²) in [5.41, 5.74) is 3.98. The molecule has 0 fully saturated rings. The minimum absolute atomic E-state index is 0.0262. The lowest BCUT2D eigenvalue weighted by molar-refractivity contribution is -0.129. The van der Waals surface area contributed by atoms with Gasteiger partial charge in [0.2, 0.25) is 5.91 Å². The van der Waals surface area contributed by atoms with Gasteiger partial charge in [0.15, 0.2) is 0 Å². The molecule has 0 spiro atoms. The van der Waals surface area contributed by atoms with E-state index >= 15 is 0 Å². The summed E-state index contributed by atoms with van der Waals surface area (Å²) in [7, 11) is 1.74. The number of amides is 2. The van der Waals surface area contributed by atoms with Gasteiger partial charge in [-0.2, -0.15) is 0 Å². The van der Waals surface area contributed by atoms with Gasteiger partial charge in [-0.3, -0.25) is 9.59 Å². The second-order valence-corrected chi connectivity index (χ2v) is 6.70. The van der Waals surface area contributed by atoms with E-state index in [4.69, 9.17) is 0 Å². The van der Waals surface area contributed by atoms with Crippen molar-refractivity contribution in [3.8, 4) is 0 Å². The van der Waals surface area contributed by atoms with Crippen LogP contribution in [0.4, 0.5) is 0 Å². The number of benzene rings is 2. The highest BCUT2D eigenvalue weighted by Crippen LogP contribution is 2.15. The first-order chi connectivity index (χ1) is 11.4. The van der Waals surface area contributed by atoms with Crippen molar-refractivity contribution in [2.45, 2.75) is 20.4 Å². The Balaban J connectivity index is 1.92. The zero-order valence-electron chi connectivity index (χ0n) is 14.1. The predicted octanol–water partition coefficient (Wildman–Crippen LogP) is 3.45. The lowest BCUT2D eigenvalue weighted by Gasteiger charge is -2.19. The average molecular weight is 389 g/mol. The third-order valence-corrected chi connectivity index (χ3v) is 4.54. The number of hydrogen-bond acceptors (Lipinski definition) is 2. The summed E-state index contributed by atoms with van der Waals surface area (Å²) in [6.07, 6.45) is 0. The molecule has 0 saturated carbocycles. The Morgan fingerprint density at radius 2 is 1.83 bits per heavy atom. The standard InChI is InChI=1S/C19H21BrN2O2/c1-13-8-9-15(14(2)10-13)12-22(3)18(23)11-21-19(24)16-6-4-5-7-17(16)20/h4-10H,11-12H2,1-3H3,(H,21,24). The maximum Gasteiger partial charge on any atom is 0.252 e. The van der Waals surface area contributed by atoms with Gasteiger partial charge in [-0.1, -0.05) is 35.9 Å². The number of likely N-dealkylation sites (N-methyl/N-ethyl adjacent to an activating group) is 1. The molecule has 0 aliphatic rings. The van der Waals surface area contributed by atoms with Crippen LogP contribution in [0.25, 0.3) is 0 Å². The van der Waals surface area contributed by atoms with Gasteiger partial charge in [0.1, 0.15) is 0 Å². The maximum atomic E-state index is 12.2. The number of aryl methyl sites for hydroxylation is 2. The Morgan fingerprint density at radius 1 is 1.12 bits per heavy atom. The molecule has 0 atom stereocenters. The Hall–Kier alpha value is -2.14. The Labute approximate surface area is 151 Å². The molecule has 1 N–H and O–H groups in total. The van der Waals surface area contributed by atoms with Crippen LogP contribution in [0.3, 0.4) is 0 Å². The second kappa shape index (κ2) is 8.11. The van der Waals surface area contributed by atoms with Crippen molar-refractivity contribution >= 4 is 27.7 Å². The van der Waals surface area contributed by atoms with Gasteiger partial charge in [0.05, 0.1) is 12.1 Å². The van der Waals surface area contributed by atoms with Gasteiger partial charge in [-0.15, -0.1) is 0 Å². The van der Waals surface area contributed by atoms with Crippen LogP contribution in [-0.2, 0) is 11.3 Å². The summed E-state index contributed by atoms with van der Waals surface area (Å²) in [6, 6.07) is 13.3. The molecule has 0 aromatic heterocycles. The molecule has 0 saturated heterocycles. The van der Waals surface area contributed by atoms with Gasteiger partial charge in [-0.05, 0) is 53.0 Å². The third kappa shape index (κ3) is 4.68. The molecule has 0 bridgehead atoms. The number of rotatable bonds is 5. The summed E-state index contributed by atoms with van der Waals surface area (Å²) >= 11 is 3.33. The summed E-state index contributed by atoms with van der Waals surface area (Å²) in [5.74, 6) is -0.397. The molecule has 2 aromatic carbocycles. The van der Waals surface area contributed by atoms with Crippen LogP contribution in [0.5, 0.6) is 0 Å². The topological polar surface area (TPSA) is 49.4 Å². The number of nitrogens with one attached hydrogen (secondary N) is 1. The first-order valence-corrected chi connectivity index (χ1v) is 8.50. The predicted molar refractivity (Wildman–Crippen MR) is 98.9 cm³/mol. The molecule has 0 aliphatic carbocycles. The first-order valence-electron chi connectivity index (χ1n) is 7.71. The number of carbonyl (C=O) groups is 2. The lowest BCUT2D eigenvalue weighted by atomic mass is 10.1. The molecular formula is C19H21BrN2O2. The van der Waals surface area contributed by atoms with E-state index in [-0.39, 0.29) is 18.4 Å². The highest BCUT2D eigenvalue weighted by molar-refractivity contribution is 9.10. The monoisotopic (exact) mass is 388 g/mol. The largest absolute Gasteiger partial charge is 0.343 e. The first kappa shape index (κ1) is 18.2. The average Bonchev–Trinajstić information content (AvgIpc) is 2.55. The molecular weight excluding hydrogens is 368 g/mol. The molecule has 2 rings (SSSR count). The number of halogens is 1. The third-order valence-electron chi connectivity index (χ3n) is 3.85. The minimum Gasteiger partial charge on any atom is -0.343 e. The van der Waals surface area contributed by atoms with E-state index in [1.165, 1.54) is 5.56 Å². The maximum absolute atomic E-state index is 12.2. The SMILES string of the molecule is Cc1ccc(CN(C)C(=O)CNC(=O)c2ccccc2Br)c(C)c1. The van der Waals surface area contributed by atoms with E-state index in [2.05, 4.69) is 27.3 Å². The quantitative estimate of drug-likeness (QED) is 0.852. The molecule has 24 heavy (non-hydrogen) atoms. The molecule has 4 nitrogen and oxygen atoms in total. The second-order valence-electron chi connectivity index (χ2n) is 5.84. The van der Waals surface area contributed by atoms with Crippen molar-refractivity contribution < 1.29 is 9.59 Å². The van der Waals surface area contributed by atoms with E-state index in [0.29, 0.717) is 16.6 Å². The Kier molecular flexibility index (Phi) is 6.15. The summed E-state index contributed by atoms with van der Waals surface area (Å²) in [6.45, 7) is 4.58. The van der Waals surface area contributed by atoms with E-state index in [1.54, 1.807) is 30.1 Å². The highest BCUT2D eigenvalue weighted by Gasteiger charge is 2.14. The normalized spacial score (nSPS) is 10.3. The smallest absolute Gasteiger partial charge is 0.252 e. The summed E-state index contributed by atoms with van der Waals surface area (Å²) in [5, 5.41) is 2.67. The van der Waals surface area contributed by atoms with Crippen LogP contribution in [0.1, 0.15) is 27.0 Å². The van der Waals surface area contributed by atoms with Crippen molar-refractivity contribution in [3.63, 3.8) is 0 Å². The molecule has 0 heterocycles. The van der Waals surface area contributed by atoms with Gasteiger partial charge >= 0.3 is 0 Å². The zero-order valence-corrected chi connectivity index (χ0v) is 15.7. The molecule has 126 valence electrons. The molecule has 5 heteroatoms. The van der Waals surface area contributed by atoms with E-state index in [9.17, 15) is 9.59 Å². The number of carbonyl (C=O) groups excluding carboxylic acids is 2. The summed E-state index contributed by atoms with van der Waals surface area (Å²) < 4.78 is 0.707. The molecule has 2 aromatic rings. The van der Waals surface area contributed by atoms with Crippen molar-refractivity contribution in [1.29, 1.82) is 0 Å². The van der Waals surface area contributed by atoms with Crippen LogP contribution in [0, 0.1) is 13.8 Å². The fraction of sp³-hybridized carbons (Fsp3) is 0.263. The Morgan fingerprint density at radius 3 is 2.50 bits per heavy atom. The highest BCUT2D eigenvalue weighted by atomic mass is 79.9. The van der Waals surface area contributed by atoms with E-state index in [1.807, 2.05) is 32.0 Å². The van der Waals surface area contributed by atoms with Gasteiger partial charge < -0.3 is 10.2 Å². The lowest BCUT2D eigenvalue weighted by Crippen LogP contribution is -2.38. The Bertz CT molecular complexity index is 759. The molecule has 2 amide bonds. The van der Waals surface area contributed by atoms with Crippen LogP contribution in [0.2, 0.25) is 0 Å². The van der Waals surface area contributed by atoms with Crippen LogP contribution in [-0.4, -0.2) is 30.3 Å². The van der Waals surface area contributed by atoms with Crippen molar-refractivity contribution in [2.24, 2.45) is 0 Å². The van der Waals surface area contributed by atoms with Crippen molar-refractivity contribution in [3.05, 3.63) is 69.2 Å². The van der Waals surface area contributed by atoms with Crippen molar-refractivity contribution in [1.82, 2.24) is 10.2 Å². The van der Waals surface area contributed by atoms with E-state index < -0.39 is 0 Å². The van der Waals surface area contributed by atoms with Crippen LogP contribution < -0.4 is 5.32 Å². The van der Waals surface area contributed by atoms with E-state index in [0.717, 1.165) is 11.1 Å². The fourth-order valence-electron chi connectivity index (χ4n) is 2.40. The zero-order chi connectivity index (χ0) is 17.7. The van der Waals surface area contributed by atoms with Gasteiger partial charge in [0, 0.05) is 18.1 Å². The van der Waals surface area contributed by atoms with Crippen LogP contribution >= 0.6 is 15.9 Å². The van der Waals surface area contributed by atoms with Gasteiger partial charge in [-0.25, -0.2) is 0 Å². The minimum atomic E-state index is -0.268. The molecule has 0 unspecified atom stereocenters. The van der Waals surface area contributed by atoms with Crippen molar-refractivity contribution in [2.75, 3.05) is 13.6 Å². The number of hydrogen-bond donors (Lipinski definition) is 1.